The Hall–Kier alpha value is -3.61. The number of amides is 1. The van der Waals surface area contributed by atoms with E-state index in [1.165, 1.54) is 0 Å². The highest BCUT2D eigenvalue weighted by Crippen LogP contribution is 2.25. The number of hydrogen-bond donors (Lipinski definition) is 1. The van der Waals surface area contributed by atoms with E-state index in [9.17, 15) is 9.90 Å². The molecular formula is C29H31ClN4O2. The zero-order valence-corrected chi connectivity index (χ0v) is 21.6. The second-order valence-electron chi connectivity index (χ2n) is 8.73. The van der Waals surface area contributed by atoms with Gasteiger partial charge < -0.3 is 14.6 Å². The standard InChI is InChI=1S/C29H31ClN4O2/c1-4-33(5-2)19-22-17-24(12-14-28(22)35)31-26-15-16-34(27-18-23(30)11-13-25(26)27)20-32(3)29(36)21-9-7-6-8-10-21/h6-18,35H,4-5,19-20H2,1-3H3. The highest BCUT2D eigenvalue weighted by Gasteiger charge is 2.13. The molecule has 0 radical (unpaired) electrons. The van der Waals surface area contributed by atoms with Gasteiger partial charge in [-0.2, -0.15) is 0 Å². The van der Waals surface area contributed by atoms with Crippen LogP contribution in [0.3, 0.4) is 0 Å². The highest BCUT2D eigenvalue weighted by molar-refractivity contribution is 6.31. The number of benzene rings is 3. The van der Waals surface area contributed by atoms with Crippen molar-refractivity contribution in [2.75, 3.05) is 20.1 Å². The molecule has 0 fully saturated rings. The minimum absolute atomic E-state index is 0.0585. The van der Waals surface area contributed by atoms with Crippen molar-refractivity contribution in [1.82, 2.24) is 14.4 Å². The van der Waals surface area contributed by atoms with Crippen molar-refractivity contribution >= 4 is 34.1 Å². The van der Waals surface area contributed by atoms with Gasteiger partial charge in [-0.1, -0.05) is 43.6 Å². The van der Waals surface area contributed by atoms with E-state index in [1.807, 2.05) is 77.5 Å². The smallest absolute Gasteiger partial charge is 0.255 e. The number of nitrogens with zero attached hydrogens (tertiary/aromatic N) is 4. The van der Waals surface area contributed by atoms with Gasteiger partial charge in [0.15, 0.2) is 0 Å². The summed E-state index contributed by atoms with van der Waals surface area (Å²) in [5, 5.41) is 12.7. The van der Waals surface area contributed by atoms with Gasteiger partial charge in [-0.3, -0.25) is 9.69 Å². The molecule has 0 bridgehead atoms. The Morgan fingerprint density at radius 3 is 2.47 bits per heavy atom. The molecule has 0 saturated heterocycles. The molecule has 4 aromatic rings. The Kier molecular flexibility index (Phi) is 8.08. The lowest BCUT2D eigenvalue weighted by Crippen LogP contribution is -2.29. The summed E-state index contributed by atoms with van der Waals surface area (Å²) >= 11 is 6.36. The topological polar surface area (TPSA) is 61.1 Å². The second kappa shape index (κ2) is 11.4. The summed E-state index contributed by atoms with van der Waals surface area (Å²) in [5.74, 6) is 0.214. The van der Waals surface area contributed by atoms with Crippen molar-refractivity contribution in [1.29, 1.82) is 0 Å². The summed E-state index contributed by atoms with van der Waals surface area (Å²) in [6.45, 7) is 7.05. The van der Waals surface area contributed by atoms with Crippen LogP contribution in [-0.4, -0.2) is 45.5 Å². The molecule has 0 aliphatic heterocycles. The van der Waals surface area contributed by atoms with Crippen LogP contribution in [0.15, 0.2) is 84.0 Å². The van der Waals surface area contributed by atoms with E-state index < -0.39 is 0 Å². The fourth-order valence-corrected chi connectivity index (χ4v) is 4.37. The number of phenols is 1. The van der Waals surface area contributed by atoms with E-state index >= 15 is 0 Å². The van der Waals surface area contributed by atoms with E-state index in [4.69, 9.17) is 16.6 Å². The number of rotatable bonds is 8. The van der Waals surface area contributed by atoms with Crippen molar-refractivity contribution in [3.8, 4) is 5.75 Å². The van der Waals surface area contributed by atoms with Crippen LogP contribution < -0.4 is 5.36 Å². The number of halogens is 1. The molecule has 0 aliphatic carbocycles. The van der Waals surface area contributed by atoms with E-state index in [2.05, 4.69) is 18.7 Å². The third-order valence-electron chi connectivity index (χ3n) is 6.29. The molecule has 3 aromatic carbocycles. The molecule has 186 valence electrons. The van der Waals surface area contributed by atoms with Crippen LogP contribution in [0.4, 0.5) is 5.69 Å². The number of phenolic OH excluding ortho intramolecular Hbond substituents is 1. The van der Waals surface area contributed by atoms with Crippen molar-refractivity contribution in [2.24, 2.45) is 4.99 Å². The fourth-order valence-electron chi connectivity index (χ4n) is 4.20. The lowest BCUT2D eigenvalue weighted by Gasteiger charge is -2.21. The van der Waals surface area contributed by atoms with Gasteiger partial charge in [-0.25, -0.2) is 4.99 Å². The van der Waals surface area contributed by atoms with E-state index in [-0.39, 0.29) is 11.7 Å². The second-order valence-corrected chi connectivity index (χ2v) is 9.17. The monoisotopic (exact) mass is 502 g/mol. The Labute approximate surface area is 216 Å². The fraction of sp³-hybridized carbons (Fsp3) is 0.241. The largest absolute Gasteiger partial charge is 0.508 e. The molecule has 1 aromatic heterocycles. The van der Waals surface area contributed by atoms with Gasteiger partial charge in [-0.15, -0.1) is 0 Å². The van der Waals surface area contributed by atoms with Crippen LogP contribution in [0.1, 0.15) is 29.8 Å². The summed E-state index contributed by atoms with van der Waals surface area (Å²) in [7, 11) is 1.78. The van der Waals surface area contributed by atoms with Gasteiger partial charge in [0.2, 0.25) is 0 Å². The Bertz CT molecular complexity index is 1430. The van der Waals surface area contributed by atoms with Crippen LogP contribution in [0.5, 0.6) is 5.75 Å². The van der Waals surface area contributed by atoms with Crippen LogP contribution in [0, 0.1) is 0 Å². The molecule has 4 rings (SSSR count). The first-order valence-electron chi connectivity index (χ1n) is 12.1. The van der Waals surface area contributed by atoms with Crippen LogP contribution in [-0.2, 0) is 13.2 Å². The molecule has 0 aliphatic rings. The third kappa shape index (κ3) is 5.78. The first-order valence-corrected chi connectivity index (χ1v) is 12.5. The quantitative estimate of drug-likeness (QED) is 0.331. The normalized spacial score (nSPS) is 11.9. The van der Waals surface area contributed by atoms with Gasteiger partial charge in [0.1, 0.15) is 5.75 Å². The van der Waals surface area contributed by atoms with Gasteiger partial charge in [0.25, 0.3) is 5.91 Å². The average Bonchev–Trinajstić information content (AvgIpc) is 2.90. The lowest BCUT2D eigenvalue weighted by atomic mass is 10.1. The van der Waals surface area contributed by atoms with Gasteiger partial charge in [-0.05, 0) is 67.7 Å². The van der Waals surface area contributed by atoms with Crippen molar-refractivity contribution in [3.05, 3.63) is 101 Å². The lowest BCUT2D eigenvalue weighted by molar-refractivity contribution is 0.0754. The molecule has 0 spiro atoms. The highest BCUT2D eigenvalue weighted by atomic mass is 35.5. The van der Waals surface area contributed by atoms with Gasteiger partial charge in [0.05, 0.1) is 23.2 Å². The van der Waals surface area contributed by atoms with Crippen molar-refractivity contribution < 1.29 is 9.90 Å². The summed E-state index contributed by atoms with van der Waals surface area (Å²) < 4.78 is 1.99. The van der Waals surface area contributed by atoms with Gasteiger partial charge in [0, 0.05) is 41.3 Å². The minimum atomic E-state index is -0.0585. The molecule has 1 amide bonds. The van der Waals surface area contributed by atoms with Crippen molar-refractivity contribution in [3.63, 3.8) is 0 Å². The molecule has 7 heteroatoms. The summed E-state index contributed by atoms with van der Waals surface area (Å²) in [6, 6.07) is 22.3. The van der Waals surface area contributed by atoms with Gasteiger partial charge >= 0.3 is 0 Å². The van der Waals surface area contributed by atoms with Crippen LogP contribution in [0.25, 0.3) is 10.9 Å². The maximum atomic E-state index is 12.9. The molecule has 0 atom stereocenters. The summed E-state index contributed by atoms with van der Waals surface area (Å²) in [6.07, 6.45) is 1.92. The van der Waals surface area contributed by atoms with Crippen LogP contribution >= 0.6 is 11.6 Å². The SMILES string of the molecule is CCN(CC)Cc1cc(N=c2ccn(CN(C)C(=O)c3ccccc3)c3cc(Cl)ccc23)ccc1O. The molecule has 1 heterocycles. The molecule has 0 saturated carbocycles. The molecule has 36 heavy (non-hydrogen) atoms. The molecule has 0 unspecified atom stereocenters. The molecule has 1 N–H and O–H groups in total. The summed E-state index contributed by atoms with van der Waals surface area (Å²) in [5.41, 5.74) is 3.13. The number of pyridine rings is 1. The number of fused-ring (bicyclic) bond motifs is 1. The number of carbonyl (C=O) groups is 1. The van der Waals surface area contributed by atoms with Crippen molar-refractivity contribution in [2.45, 2.75) is 27.1 Å². The minimum Gasteiger partial charge on any atom is -0.508 e. The predicted molar refractivity (Wildman–Crippen MR) is 145 cm³/mol. The first-order chi connectivity index (χ1) is 17.4. The maximum Gasteiger partial charge on any atom is 0.255 e. The number of aromatic hydroxyl groups is 1. The maximum absolute atomic E-state index is 12.9. The zero-order valence-electron chi connectivity index (χ0n) is 20.9. The Balaban J connectivity index is 1.71. The van der Waals surface area contributed by atoms with E-state index in [1.54, 1.807) is 18.0 Å². The first kappa shape index (κ1) is 25.5. The van der Waals surface area contributed by atoms with E-state index in [0.717, 1.165) is 40.6 Å². The number of carbonyl (C=O) groups excluding carboxylic acids is 1. The average molecular weight is 503 g/mol. The summed E-state index contributed by atoms with van der Waals surface area (Å²) in [4.78, 5) is 21.7. The number of aromatic nitrogens is 1. The third-order valence-corrected chi connectivity index (χ3v) is 6.53. The van der Waals surface area contributed by atoms with E-state index in [0.29, 0.717) is 23.8 Å². The predicted octanol–water partition coefficient (Wildman–Crippen LogP) is 5.80. The zero-order chi connectivity index (χ0) is 25.7. The Morgan fingerprint density at radius 1 is 1.00 bits per heavy atom. The number of hydrogen-bond acceptors (Lipinski definition) is 4. The Morgan fingerprint density at radius 2 is 1.75 bits per heavy atom. The molecular weight excluding hydrogens is 472 g/mol. The van der Waals surface area contributed by atoms with Crippen LogP contribution in [0.2, 0.25) is 5.02 Å². The molecule has 6 nitrogen and oxygen atoms in total.